The van der Waals surface area contributed by atoms with E-state index >= 15 is 0 Å². The third-order valence-corrected chi connectivity index (χ3v) is 15.6. The fourth-order valence-electron chi connectivity index (χ4n) is 12.7. The van der Waals surface area contributed by atoms with Crippen molar-refractivity contribution in [2.75, 3.05) is 0 Å². The van der Waals surface area contributed by atoms with Crippen LogP contribution in [0.15, 0.2) is 60.7 Å². The smallest absolute Gasteiger partial charge is 0.312 e. The van der Waals surface area contributed by atoms with Crippen LogP contribution in [0, 0.1) is 50.7 Å². The maximum absolute atomic E-state index is 14.8. The van der Waals surface area contributed by atoms with Crippen molar-refractivity contribution in [2.45, 2.75) is 124 Å². The largest absolute Gasteiger partial charge is 0.452 e. The van der Waals surface area contributed by atoms with Gasteiger partial charge in [0.1, 0.15) is 5.78 Å². The Morgan fingerprint density at radius 1 is 0.750 bits per heavy atom. The molecule has 9 unspecified atom stereocenters. The molecule has 5 nitrogen and oxygen atoms in total. The number of esters is 1. The van der Waals surface area contributed by atoms with Crippen LogP contribution in [-0.2, 0) is 19.1 Å². The van der Waals surface area contributed by atoms with Gasteiger partial charge in [-0.2, -0.15) is 0 Å². The van der Waals surface area contributed by atoms with E-state index in [4.69, 9.17) is 4.74 Å². The fourth-order valence-corrected chi connectivity index (χ4v) is 12.7. The number of nitrogens with one attached hydrogen (secondary N) is 1. The van der Waals surface area contributed by atoms with Crippen molar-refractivity contribution in [1.82, 2.24) is 5.32 Å². The van der Waals surface area contributed by atoms with Gasteiger partial charge in [-0.05, 0) is 123 Å². The standard InChI is InChI=1S/C43H57NO4/c1-38(2)33-18-21-43(7)36(41(33,5)20-19-34(46)44-38)32(45)26-30-31-27-40(4,23-22-39(31,3)24-25-42(30,43)6)37(47)48-35(28-14-10-8-11-15-28)29-16-12-9-13-17-29/h8-17,30-31,33,35-36H,18-27H2,1-7H3,(H,44,46). The van der Waals surface area contributed by atoms with E-state index in [0.29, 0.717) is 18.6 Å². The number of benzene rings is 2. The van der Waals surface area contributed by atoms with Gasteiger partial charge in [-0.3, -0.25) is 14.4 Å². The van der Waals surface area contributed by atoms with Gasteiger partial charge in [0.2, 0.25) is 5.91 Å². The quantitative estimate of drug-likeness (QED) is 0.335. The summed E-state index contributed by atoms with van der Waals surface area (Å²) in [6, 6.07) is 20.2. The van der Waals surface area contributed by atoms with E-state index in [2.05, 4.69) is 53.8 Å². The molecule has 4 saturated carbocycles. The third-order valence-electron chi connectivity index (χ3n) is 15.6. The molecular formula is C43H57NO4. The van der Waals surface area contributed by atoms with E-state index in [9.17, 15) is 14.4 Å². The summed E-state index contributed by atoms with van der Waals surface area (Å²) in [5.74, 6) is 1.12. The van der Waals surface area contributed by atoms with Crippen molar-refractivity contribution in [3.63, 3.8) is 0 Å². The fraction of sp³-hybridized carbons (Fsp3) is 0.651. The first-order valence-corrected chi connectivity index (χ1v) is 18.7. The van der Waals surface area contributed by atoms with Gasteiger partial charge < -0.3 is 10.1 Å². The van der Waals surface area contributed by atoms with Gasteiger partial charge in [0.05, 0.1) is 5.41 Å². The molecule has 9 atom stereocenters. The predicted octanol–water partition coefficient (Wildman–Crippen LogP) is 9.25. The van der Waals surface area contributed by atoms with Crippen LogP contribution in [0.25, 0.3) is 0 Å². The van der Waals surface area contributed by atoms with Gasteiger partial charge in [0.15, 0.2) is 6.10 Å². The minimum atomic E-state index is -0.619. The van der Waals surface area contributed by atoms with Crippen LogP contribution < -0.4 is 5.32 Å². The molecular weight excluding hydrogens is 594 g/mol. The number of carbonyl (C=O) groups is 3. The number of carbonyl (C=O) groups excluding carboxylic acids is 3. The van der Waals surface area contributed by atoms with Crippen LogP contribution in [0.3, 0.4) is 0 Å². The molecule has 5 aliphatic rings. The molecule has 7 rings (SSSR count). The highest BCUT2D eigenvalue weighted by Crippen LogP contribution is 2.75. The minimum absolute atomic E-state index is 0.0175. The van der Waals surface area contributed by atoms with Crippen LogP contribution >= 0.6 is 0 Å². The summed E-state index contributed by atoms with van der Waals surface area (Å²) in [5.41, 5.74) is 0.711. The molecule has 0 spiro atoms. The van der Waals surface area contributed by atoms with Gasteiger partial charge in [0.25, 0.3) is 0 Å². The molecule has 2 aromatic rings. The highest BCUT2D eigenvalue weighted by atomic mass is 16.5. The molecule has 1 saturated heterocycles. The zero-order valence-electron chi connectivity index (χ0n) is 30.4. The highest BCUT2D eigenvalue weighted by molar-refractivity contribution is 5.85. The Balaban J connectivity index is 1.20. The van der Waals surface area contributed by atoms with Gasteiger partial charge >= 0.3 is 5.97 Å². The average Bonchev–Trinajstić information content (AvgIpc) is 3.14. The second kappa shape index (κ2) is 11.3. The molecule has 48 heavy (non-hydrogen) atoms. The second-order valence-corrected chi connectivity index (χ2v) is 18.5. The summed E-state index contributed by atoms with van der Waals surface area (Å²) < 4.78 is 6.54. The number of fused-ring (bicyclic) bond motifs is 7. The van der Waals surface area contributed by atoms with Crippen molar-refractivity contribution in [1.29, 1.82) is 0 Å². The highest BCUT2D eigenvalue weighted by Gasteiger charge is 2.71. The van der Waals surface area contributed by atoms with Gasteiger partial charge in [0, 0.05) is 24.3 Å². The van der Waals surface area contributed by atoms with Crippen LogP contribution in [-0.4, -0.2) is 23.2 Å². The second-order valence-electron chi connectivity index (χ2n) is 18.5. The Bertz CT molecular complexity index is 1550. The SMILES string of the molecule is CC1(C(=O)OC(c2ccccc2)c2ccccc2)CCC2(C)CCC3(C)C(CC(=O)C4C5(C)CCC(=O)NC(C)(C)C5CCC43C)C2C1. The first kappa shape index (κ1) is 33.5. The van der Waals surface area contributed by atoms with E-state index in [-0.39, 0.29) is 62.7 Å². The number of hydrogen-bond acceptors (Lipinski definition) is 4. The van der Waals surface area contributed by atoms with Crippen LogP contribution in [0.4, 0.5) is 0 Å². The van der Waals surface area contributed by atoms with E-state index < -0.39 is 11.5 Å². The monoisotopic (exact) mass is 651 g/mol. The normalized spacial score (nSPS) is 41.9. The summed E-state index contributed by atoms with van der Waals surface area (Å²) in [4.78, 5) is 42.2. The first-order chi connectivity index (χ1) is 22.6. The lowest BCUT2D eigenvalue weighted by Crippen LogP contribution is -2.69. The molecule has 1 aliphatic heterocycles. The number of Topliss-reactive ketones (excluding diaryl/α,β-unsaturated/α-hetero) is 1. The molecule has 5 heteroatoms. The Morgan fingerprint density at radius 2 is 1.35 bits per heavy atom. The molecule has 258 valence electrons. The molecule has 1 amide bonds. The van der Waals surface area contributed by atoms with E-state index in [1.807, 2.05) is 60.7 Å². The lowest BCUT2D eigenvalue weighted by atomic mass is 9.32. The maximum atomic E-state index is 14.8. The zero-order valence-corrected chi connectivity index (χ0v) is 30.4. The van der Waals surface area contributed by atoms with Crippen LogP contribution in [0.2, 0.25) is 0 Å². The van der Waals surface area contributed by atoms with Crippen molar-refractivity contribution in [2.24, 2.45) is 50.7 Å². The van der Waals surface area contributed by atoms with E-state index in [0.717, 1.165) is 62.5 Å². The molecule has 1 N–H and O–H groups in total. The average molecular weight is 652 g/mol. The molecule has 5 fully saturated rings. The van der Waals surface area contributed by atoms with E-state index in [1.165, 1.54) is 0 Å². The minimum Gasteiger partial charge on any atom is -0.452 e. The summed E-state index contributed by atoms with van der Waals surface area (Å²) in [6.45, 7) is 16.2. The van der Waals surface area contributed by atoms with Crippen molar-refractivity contribution in [3.05, 3.63) is 71.8 Å². The summed E-state index contributed by atoms with van der Waals surface area (Å²) in [5, 5.41) is 3.33. The van der Waals surface area contributed by atoms with Gasteiger partial charge in [-0.1, -0.05) is 88.4 Å². The Labute approximate surface area is 288 Å². The van der Waals surface area contributed by atoms with Crippen LogP contribution in [0.5, 0.6) is 0 Å². The van der Waals surface area contributed by atoms with Crippen molar-refractivity contribution >= 4 is 17.7 Å². The molecule has 2 aromatic carbocycles. The summed E-state index contributed by atoms with van der Waals surface area (Å²) in [6.07, 6.45) is 8.23. The summed E-state index contributed by atoms with van der Waals surface area (Å²) >= 11 is 0. The molecule has 0 aromatic heterocycles. The van der Waals surface area contributed by atoms with Crippen LogP contribution in [0.1, 0.15) is 130 Å². The van der Waals surface area contributed by atoms with Gasteiger partial charge in [-0.15, -0.1) is 0 Å². The Kier molecular flexibility index (Phi) is 7.89. The molecule has 1 heterocycles. The number of hydrogen-bond donors (Lipinski definition) is 1. The maximum Gasteiger partial charge on any atom is 0.312 e. The Morgan fingerprint density at radius 3 is 1.98 bits per heavy atom. The summed E-state index contributed by atoms with van der Waals surface area (Å²) in [7, 11) is 0. The van der Waals surface area contributed by atoms with Crippen molar-refractivity contribution < 1.29 is 19.1 Å². The number of ketones is 1. The van der Waals surface area contributed by atoms with Crippen molar-refractivity contribution in [3.8, 4) is 0 Å². The molecule has 0 radical (unpaired) electrons. The molecule has 0 bridgehead atoms. The van der Waals surface area contributed by atoms with Gasteiger partial charge in [-0.25, -0.2) is 0 Å². The lowest BCUT2D eigenvalue weighted by molar-refractivity contribution is -0.226. The topological polar surface area (TPSA) is 72.5 Å². The number of rotatable bonds is 4. The Hall–Kier alpha value is -2.95. The van der Waals surface area contributed by atoms with E-state index in [1.54, 1.807) is 0 Å². The first-order valence-electron chi connectivity index (χ1n) is 18.7. The third kappa shape index (κ3) is 4.95. The zero-order chi connectivity index (χ0) is 34.3. The predicted molar refractivity (Wildman–Crippen MR) is 189 cm³/mol. The number of ether oxygens (including phenoxy) is 1. The molecule has 4 aliphatic carbocycles. The number of amides is 1. The lowest BCUT2D eigenvalue weighted by Gasteiger charge is -2.71.